The summed E-state index contributed by atoms with van der Waals surface area (Å²) >= 11 is 2.60. The minimum Gasteiger partial charge on any atom is -0.369 e. The van der Waals surface area contributed by atoms with Crippen LogP contribution in [0.1, 0.15) is 32.4 Å². The quantitative estimate of drug-likeness (QED) is 0.741. The first-order valence-corrected chi connectivity index (χ1v) is 8.83. The molecule has 0 aromatic carbocycles. The minimum absolute atomic E-state index is 0.0579. The van der Waals surface area contributed by atoms with Gasteiger partial charge in [0.1, 0.15) is 10.7 Å². The van der Waals surface area contributed by atoms with Gasteiger partial charge in [-0.05, 0) is 26.3 Å². The second-order valence-corrected chi connectivity index (χ2v) is 7.19. The van der Waals surface area contributed by atoms with Crippen LogP contribution in [0.3, 0.4) is 0 Å². The number of anilines is 1. The van der Waals surface area contributed by atoms with Gasteiger partial charge in [0.2, 0.25) is 5.91 Å². The first-order chi connectivity index (χ1) is 11.3. The van der Waals surface area contributed by atoms with Crippen LogP contribution >= 0.6 is 22.7 Å². The van der Waals surface area contributed by atoms with Gasteiger partial charge in [-0.2, -0.15) is 0 Å². The fraction of sp³-hybridized carbons (Fsp3) is 0.267. The number of amides is 2. The largest absolute Gasteiger partial charge is 0.369 e. The normalized spacial score (nSPS) is 11.0. The molecule has 0 spiro atoms. The topological polar surface area (TPSA) is 111 Å². The number of fused-ring (bicyclic) bond motifs is 1. The van der Waals surface area contributed by atoms with Crippen molar-refractivity contribution in [1.82, 2.24) is 15.0 Å². The number of nitrogens with zero attached hydrogens (tertiary/aromatic N) is 3. The van der Waals surface area contributed by atoms with Crippen molar-refractivity contribution in [3.8, 4) is 0 Å². The Morgan fingerprint density at radius 2 is 1.96 bits per heavy atom. The van der Waals surface area contributed by atoms with E-state index in [4.69, 9.17) is 5.73 Å². The molecule has 2 amide bonds. The van der Waals surface area contributed by atoms with E-state index in [1.807, 2.05) is 20.8 Å². The molecule has 0 atom stereocenters. The number of carbonyl (C=O) groups excluding carboxylic acids is 2. The van der Waals surface area contributed by atoms with Crippen molar-refractivity contribution in [3.63, 3.8) is 0 Å². The van der Waals surface area contributed by atoms with Gasteiger partial charge in [-0.25, -0.2) is 15.0 Å². The Morgan fingerprint density at radius 1 is 1.21 bits per heavy atom. The van der Waals surface area contributed by atoms with Crippen LogP contribution in [0.4, 0.5) is 5.13 Å². The standard InChI is InChI=1S/C15H15N5O2S2/c1-6-11-7(2)17-8(3)18-14(11)24-12(6)13(22)20-15-19-9(5-23-15)4-10(16)21/h5H,4H2,1-3H3,(H2,16,21)(H,19,20,22). The number of aromatic nitrogens is 3. The van der Waals surface area contributed by atoms with E-state index in [1.165, 1.54) is 22.7 Å². The van der Waals surface area contributed by atoms with Crippen LogP contribution in [0.25, 0.3) is 10.2 Å². The fourth-order valence-electron chi connectivity index (χ4n) is 2.47. The van der Waals surface area contributed by atoms with Crippen molar-refractivity contribution in [2.75, 3.05) is 5.32 Å². The molecule has 124 valence electrons. The molecule has 0 aliphatic carbocycles. The lowest BCUT2D eigenvalue weighted by atomic mass is 10.1. The summed E-state index contributed by atoms with van der Waals surface area (Å²) in [6, 6.07) is 0. The van der Waals surface area contributed by atoms with Crippen molar-refractivity contribution in [3.05, 3.63) is 33.0 Å². The van der Waals surface area contributed by atoms with Gasteiger partial charge in [-0.1, -0.05) is 0 Å². The van der Waals surface area contributed by atoms with Crippen LogP contribution in [0.5, 0.6) is 0 Å². The highest BCUT2D eigenvalue weighted by Gasteiger charge is 2.19. The zero-order chi connectivity index (χ0) is 17.4. The third-order valence-electron chi connectivity index (χ3n) is 3.42. The Morgan fingerprint density at radius 3 is 2.67 bits per heavy atom. The molecule has 24 heavy (non-hydrogen) atoms. The predicted molar refractivity (Wildman–Crippen MR) is 94.6 cm³/mol. The van der Waals surface area contributed by atoms with Crippen LogP contribution < -0.4 is 11.1 Å². The molecule has 3 aromatic heterocycles. The molecule has 9 heteroatoms. The summed E-state index contributed by atoms with van der Waals surface area (Å²) < 4.78 is 0. The van der Waals surface area contributed by atoms with Crippen LogP contribution in [0.2, 0.25) is 0 Å². The van der Waals surface area contributed by atoms with E-state index in [2.05, 4.69) is 20.3 Å². The van der Waals surface area contributed by atoms with Gasteiger partial charge in [0.25, 0.3) is 5.91 Å². The maximum Gasteiger partial charge on any atom is 0.267 e. The van der Waals surface area contributed by atoms with E-state index in [-0.39, 0.29) is 12.3 Å². The first-order valence-electron chi connectivity index (χ1n) is 7.13. The highest BCUT2D eigenvalue weighted by molar-refractivity contribution is 7.21. The molecule has 0 fully saturated rings. The lowest BCUT2D eigenvalue weighted by Crippen LogP contribution is -2.14. The second kappa shape index (κ2) is 6.25. The predicted octanol–water partition coefficient (Wildman–Crippen LogP) is 2.35. The van der Waals surface area contributed by atoms with E-state index in [1.54, 1.807) is 5.38 Å². The van der Waals surface area contributed by atoms with E-state index >= 15 is 0 Å². The summed E-state index contributed by atoms with van der Waals surface area (Å²) in [7, 11) is 0. The minimum atomic E-state index is -0.456. The Labute approximate surface area is 146 Å². The molecule has 0 unspecified atom stereocenters. The van der Waals surface area contributed by atoms with Gasteiger partial charge < -0.3 is 5.73 Å². The first kappa shape index (κ1) is 16.5. The number of hydrogen-bond donors (Lipinski definition) is 2. The maximum absolute atomic E-state index is 12.6. The zero-order valence-electron chi connectivity index (χ0n) is 13.3. The number of nitrogens with two attached hydrogens (primary N) is 1. The van der Waals surface area contributed by atoms with E-state index in [0.29, 0.717) is 21.5 Å². The third kappa shape index (κ3) is 3.13. The molecule has 0 radical (unpaired) electrons. The summed E-state index contributed by atoms with van der Waals surface area (Å²) in [5.41, 5.74) is 7.42. The van der Waals surface area contributed by atoms with Crippen molar-refractivity contribution < 1.29 is 9.59 Å². The molecule has 0 aliphatic rings. The van der Waals surface area contributed by atoms with E-state index in [0.717, 1.165) is 21.5 Å². The van der Waals surface area contributed by atoms with Crippen molar-refractivity contribution in [2.45, 2.75) is 27.2 Å². The highest BCUT2D eigenvalue weighted by atomic mass is 32.1. The third-order valence-corrected chi connectivity index (χ3v) is 5.41. The number of hydrogen-bond acceptors (Lipinski definition) is 7. The van der Waals surface area contributed by atoms with Gasteiger partial charge in [0, 0.05) is 16.5 Å². The monoisotopic (exact) mass is 361 g/mol. The molecule has 0 aliphatic heterocycles. The summed E-state index contributed by atoms with van der Waals surface area (Å²) in [6.45, 7) is 5.63. The van der Waals surface area contributed by atoms with E-state index < -0.39 is 5.91 Å². The Balaban J connectivity index is 1.89. The van der Waals surface area contributed by atoms with Crippen LogP contribution in [-0.2, 0) is 11.2 Å². The number of rotatable bonds is 4. The zero-order valence-corrected chi connectivity index (χ0v) is 15.0. The van der Waals surface area contributed by atoms with Crippen molar-refractivity contribution >= 4 is 49.8 Å². The van der Waals surface area contributed by atoms with Gasteiger partial charge in [-0.3, -0.25) is 14.9 Å². The summed E-state index contributed by atoms with van der Waals surface area (Å²) in [6.07, 6.45) is 0.0579. The number of thiophene rings is 1. The summed E-state index contributed by atoms with van der Waals surface area (Å²) in [4.78, 5) is 37.8. The van der Waals surface area contributed by atoms with Crippen LogP contribution in [0, 0.1) is 20.8 Å². The molecule has 3 N–H and O–H groups in total. The SMILES string of the molecule is Cc1nc(C)c2c(C)c(C(=O)Nc3nc(CC(N)=O)cs3)sc2n1. The molecule has 0 bridgehead atoms. The molecular weight excluding hydrogens is 346 g/mol. The van der Waals surface area contributed by atoms with Crippen LogP contribution in [0.15, 0.2) is 5.38 Å². The van der Waals surface area contributed by atoms with E-state index in [9.17, 15) is 9.59 Å². The number of aryl methyl sites for hydroxylation is 3. The Bertz CT molecular complexity index is 960. The summed E-state index contributed by atoms with van der Waals surface area (Å²) in [5, 5.41) is 5.83. The summed E-state index contributed by atoms with van der Waals surface area (Å²) in [5.74, 6) is -0.0142. The molecule has 3 heterocycles. The molecule has 0 saturated heterocycles. The number of thiazole rings is 1. The molecule has 3 rings (SSSR count). The molecule has 7 nitrogen and oxygen atoms in total. The highest BCUT2D eigenvalue weighted by Crippen LogP contribution is 2.32. The lowest BCUT2D eigenvalue weighted by Gasteiger charge is -2.01. The van der Waals surface area contributed by atoms with Gasteiger partial charge >= 0.3 is 0 Å². The maximum atomic E-state index is 12.6. The van der Waals surface area contributed by atoms with Crippen molar-refractivity contribution in [1.29, 1.82) is 0 Å². The smallest absolute Gasteiger partial charge is 0.267 e. The molecular formula is C15H15N5O2S2. The average Bonchev–Trinajstić information content (AvgIpc) is 3.02. The molecule has 3 aromatic rings. The van der Waals surface area contributed by atoms with Gasteiger partial charge in [0.05, 0.1) is 17.0 Å². The number of primary amides is 1. The van der Waals surface area contributed by atoms with Crippen LogP contribution in [-0.4, -0.2) is 26.8 Å². The Hall–Kier alpha value is -2.39. The van der Waals surface area contributed by atoms with Gasteiger partial charge in [0.15, 0.2) is 5.13 Å². The van der Waals surface area contributed by atoms with Gasteiger partial charge in [-0.15, -0.1) is 22.7 Å². The number of carbonyl (C=O) groups is 2. The fourth-order valence-corrected chi connectivity index (χ4v) is 4.35. The lowest BCUT2D eigenvalue weighted by molar-refractivity contribution is -0.117. The second-order valence-electron chi connectivity index (χ2n) is 5.33. The van der Waals surface area contributed by atoms with Crippen molar-refractivity contribution in [2.24, 2.45) is 5.73 Å². The average molecular weight is 361 g/mol. The molecule has 0 saturated carbocycles. The number of nitrogens with one attached hydrogen (secondary N) is 1. The Kier molecular flexibility index (Phi) is 4.29.